The second kappa shape index (κ2) is 7.83. The maximum absolute atomic E-state index is 9.71. The minimum Gasteiger partial charge on any atom is -0.493 e. The molecule has 0 saturated heterocycles. The molecule has 3 aliphatic carbocycles. The first-order valence-corrected chi connectivity index (χ1v) is 10.5. The summed E-state index contributed by atoms with van der Waals surface area (Å²) in [6.07, 6.45) is 0. The van der Waals surface area contributed by atoms with Crippen LogP contribution in [0.25, 0.3) is 11.1 Å². The minimum absolute atomic E-state index is 0.00896. The summed E-state index contributed by atoms with van der Waals surface area (Å²) < 4.78 is 11.2. The van der Waals surface area contributed by atoms with Gasteiger partial charge in [-0.05, 0) is 45.5 Å². The molecule has 0 amide bonds. The average molecular weight is 440 g/mol. The number of rotatable bonds is 2. The van der Waals surface area contributed by atoms with E-state index < -0.39 is 0 Å². The molecule has 160 valence electrons. The van der Waals surface area contributed by atoms with Gasteiger partial charge in [0.1, 0.15) is 35.4 Å². The van der Waals surface area contributed by atoms with E-state index in [1.54, 1.807) is 26.4 Å². The van der Waals surface area contributed by atoms with Crippen LogP contribution < -0.4 is 19.9 Å². The molecular formula is C28H16N4O2. The molecule has 6 rings (SSSR count). The summed E-state index contributed by atoms with van der Waals surface area (Å²) in [6, 6.07) is 23.3. The molecule has 6 heteroatoms. The lowest BCUT2D eigenvalue weighted by Gasteiger charge is -2.43. The van der Waals surface area contributed by atoms with E-state index in [1.165, 1.54) is 0 Å². The van der Waals surface area contributed by atoms with Crippen molar-refractivity contribution in [1.29, 1.82) is 21.0 Å². The largest absolute Gasteiger partial charge is 0.493 e. The van der Waals surface area contributed by atoms with Crippen molar-refractivity contribution in [3.05, 3.63) is 92.3 Å². The summed E-state index contributed by atoms with van der Waals surface area (Å²) in [4.78, 5) is 0. The van der Waals surface area contributed by atoms with Crippen LogP contribution in [0.2, 0.25) is 0 Å². The van der Waals surface area contributed by atoms with Gasteiger partial charge in [0.25, 0.3) is 0 Å². The van der Waals surface area contributed by atoms with Crippen LogP contribution in [0.4, 0.5) is 0 Å². The molecule has 0 fully saturated rings. The fraction of sp³-hybridized carbons (Fsp3) is 0.143. The van der Waals surface area contributed by atoms with E-state index in [4.69, 9.17) is 9.47 Å². The first kappa shape index (κ1) is 20.8. The molecule has 0 spiro atoms. The molecule has 3 aromatic carbocycles. The van der Waals surface area contributed by atoms with E-state index in [1.807, 2.05) is 60.7 Å². The summed E-state index contributed by atoms with van der Waals surface area (Å²) in [6.45, 7) is 0. The van der Waals surface area contributed by atoms with Gasteiger partial charge >= 0.3 is 0 Å². The Labute approximate surface area is 196 Å². The van der Waals surface area contributed by atoms with Crippen molar-refractivity contribution >= 4 is 11.1 Å². The van der Waals surface area contributed by atoms with Gasteiger partial charge in [0.05, 0.1) is 14.2 Å². The van der Waals surface area contributed by atoms with Crippen molar-refractivity contribution in [3.8, 4) is 35.8 Å². The standard InChI is InChI=1S/C28H16N4O2/c1-33-23-9-21-22(10-24(23)34-2)26-20-6-4-3-5-19(20)25(21)27-17(15(11-29)12-30)7-8-18(28(26)27)16(13-31)14-32/h3-10,25-26H,1-2H3/t25-,26-/m1/s1. The molecule has 2 atom stereocenters. The van der Waals surface area contributed by atoms with Crippen LogP contribution in [0.1, 0.15) is 45.2 Å². The van der Waals surface area contributed by atoms with Gasteiger partial charge in [-0.1, -0.05) is 36.4 Å². The predicted octanol–water partition coefficient (Wildman–Crippen LogP) is 3.09. The minimum atomic E-state index is -0.309. The van der Waals surface area contributed by atoms with Gasteiger partial charge in [0, 0.05) is 22.3 Å². The Balaban J connectivity index is 2.06. The molecule has 2 bridgehead atoms. The van der Waals surface area contributed by atoms with Crippen LogP contribution in [-0.4, -0.2) is 14.2 Å². The van der Waals surface area contributed by atoms with Crippen LogP contribution in [-0.2, 0) is 0 Å². The van der Waals surface area contributed by atoms with Crippen LogP contribution in [0.5, 0.6) is 11.5 Å². The zero-order chi connectivity index (χ0) is 24.0. The lowest BCUT2D eigenvalue weighted by Crippen LogP contribution is -2.38. The number of benzene rings is 3. The topological polar surface area (TPSA) is 114 Å². The van der Waals surface area contributed by atoms with Gasteiger partial charge in [0.15, 0.2) is 11.5 Å². The van der Waals surface area contributed by atoms with Crippen LogP contribution >= 0.6 is 0 Å². The van der Waals surface area contributed by atoms with E-state index >= 15 is 0 Å². The molecule has 0 radical (unpaired) electrons. The summed E-state index contributed by atoms with van der Waals surface area (Å²) >= 11 is 0. The van der Waals surface area contributed by atoms with E-state index in [-0.39, 0.29) is 23.0 Å². The van der Waals surface area contributed by atoms with Crippen molar-refractivity contribution < 1.29 is 9.47 Å². The summed E-state index contributed by atoms with van der Waals surface area (Å²) in [5.74, 6) is 0.542. The molecule has 6 nitrogen and oxygen atoms in total. The highest BCUT2D eigenvalue weighted by atomic mass is 16.5. The first-order valence-electron chi connectivity index (χ1n) is 10.5. The number of nitriles is 4. The van der Waals surface area contributed by atoms with Crippen LogP contribution in [0.15, 0.2) is 48.5 Å². The fourth-order valence-corrected chi connectivity index (χ4v) is 5.39. The Morgan fingerprint density at radius 1 is 0.618 bits per heavy atom. The third-order valence-corrected chi connectivity index (χ3v) is 6.68. The number of ether oxygens (including phenoxy) is 2. The number of hydrogen-bond acceptors (Lipinski definition) is 6. The monoisotopic (exact) mass is 440 g/mol. The summed E-state index contributed by atoms with van der Waals surface area (Å²) in [5, 5.41) is 39.9. The number of hydrogen-bond donors (Lipinski definition) is 0. The Hall–Kier alpha value is -5.04. The average Bonchev–Trinajstić information content (AvgIpc) is 2.89. The van der Waals surface area contributed by atoms with E-state index in [0.717, 1.165) is 33.4 Å². The molecular weight excluding hydrogens is 424 g/mol. The first-order chi connectivity index (χ1) is 16.6. The third-order valence-electron chi connectivity index (χ3n) is 6.68. The maximum Gasteiger partial charge on any atom is 0.161 e. The summed E-state index contributed by atoms with van der Waals surface area (Å²) in [5.41, 5.74) is 5.63. The smallest absolute Gasteiger partial charge is 0.161 e. The van der Waals surface area contributed by atoms with E-state index in [0.29, 0.717) is 21.9 Å². The van der Waals surface area contributed by atoms with Crippen LogP contribution in [0.3, 0.4) is 0 Å². The van der Waals surface area contributed by atoms with Crippen molar-refractivity contribution in [1.82, 2.24) is 0 Å². The lowest BCUT2D eigenvalue weighted by atomic mass is 9.60. The van der Waals surface area contributed by atoms with Gasteiger partial charge in [0.2, 0.25) is 0 Å². The van der Waals surface area contributed by atoms with Crippen LogP contribution in [0, 0.1) is 45.3 Å². The fourth-order valence-electron chi connectivity index (χ4n) is 5.39. The Morgan fingerprint density at radius 3 is 1.32 bits per heavy atom. The highest BCUT2D eigenvalue weighted by Crippen LogP contribution is 2.55. The predicted molar refractivity (Wildman–Crippen MR) is 123 cm³/mol. The number of methoxy groups -OCH3 is 2. The zero-order valence-corrected chi connectivity index (χ0v) is 18.4. The van der Waals surface area contributed by atoms with Gasteiger partial charge in [-0.2, -0.15) is 21.0 Å². The molecule has 0 N–H and O–H groups in total. The van der Waals surface area contributed by atoms with E-state index in [2.05, 4.69) is 0 Å². The van der Waals surface area contributed by atoms with E-state index in [9.17, 15) is 21.0 Å². The Kier molecular flexibility index (Phi) is 4.80. The highest BCUT2D eigenvalue weighted by Gasteiger charge is 2.43. The molecule has 0 heterocycles. The molecule has 3 aliphatic rings. The van der Waals surface area contributed by atoms with Gasteiger partial charge in [-0.15, -0.1) is 0 Å². The second-order valence-corrected chi connectivity index (χ2v) is 8.02. The second-order valence-electron chi connectivity index (χ2n) is 8.02. The zero-order valence-electron chi connectivity index (χ0n) is 18.4. The lowest BCUT2D eigenvalue weighted by molar-refractivity contribution is 0.353. The quantitative estimate of drug-likeness (QED) is 0.417. The van der Waals surface area contributed by atoms with Gasteiger partial charge < -0.3 is 9.47 Å². The normalized spacial score (nSPS) is 15.8. The van der Waals surface area contributed by atoms with Crippen molar-refractivity contribution in [2.45, 2.75) is 11.8 Å². The Morgan fingerprint density at radius 2 is 1.00 bits per heavy atom. The third kappa shape index (κ3) is 2.64. The number of nitrogens with zero attached hydrogens (tertiary/aromatic N) is 4. The molecule has 3 aromatic rings. The summed E-state index contributed by atoms with van der Waals surface area (Å²) in [7, 11) is 3.16. The molecule has 34 heavy (non-hydrogen) atoms. The van der Waals surface area contributed by atoms with Crippen molar-refractivity contribution in [3.63, 3.8) is 0 Å². The molecule has 0 unspecified atom stereocenters. The van der Waals surface area contributed by atoms with Crippen molar-refractivity contribution in [2.75, 3.05) is 14.2 Å². The van der Waals surface area contributed by atoms with Gasteiger partial charge in [-0.3, -0.25) is 0 Å². The Bertz CT molecular complexity index is 1530. The van der Waals surface area contributed by atoms with Gasteiger partial charge in [-0.25, -0.2) is 0 Å². The maximum atomic E-state index is 9.71. The van der Waals surface area contributed by atoms with Crippen molar-refractivity contribution in [2.24, 2.45) is 0 Å². The highest BCUT2D eigenvalue weighted by molar-refractivity contribution is 5.80. The SMILES string of the molecule is COc1cc2c(cc1OC)[C@H]1c3ccccc3[C@H]2c2c1c(=C(C#N)C#N)ccc2=C(C#N)C#N. The molecule has 0 aliphatic heterocycles. The molecule has 0 aromatic heterocycles. The molecule has 0 saturated carbocycles.